The molecule has 2 aromatic carbocycles. The number of benzene rings is 2. The second-order valence-corrected chi connectivity index (χ2v) is 6.93. The van der Waals surface area contributed by atoms with E-state index >= 15 is 0 Å². The summed E-state index contributed by atoms with van der Waals surface area (Å²) in [5.41, 5.74) is -1.86. The number of imide groups is 2. The van der Waals surface area contributed by atoms with E-state index in [1.165, 1.54) is 25.3 Å². The summed E-state index contributed by atoms with van der Waals surface area (Å²) in [6.45, 7) is -0.0213. The molecule has 2 aromatic rings. The second-order valence-electron chi connectivity index (χ2n) is 6.52. The average molecular weight is 479 g/mol. The van der Waals surface area contributed by atoms with Crippen LogP contribution in [-0.2, 0) is 15.8 Å². The quantitative estimate of drug-likeness (QED) is 0.398. The lowest BCUT2D eigenvalue weighted by Crippen LogP contribution is -2.54. The molecule has 11 heteroatoms. The van der Waals surface area contributed by atoms with E-state index < -0.39 is 40.8 Å². The molecule has 0 aliphatic carbocycles. The van der Waals surface area contributed by atoms with Crippen LogP contribution in [0.3, 0.4) is 0 Å². The van der Waals surface area contributed by atoms with Crippen molar-refractivity contribution >= 4 is 41.2 Å². The fourth-order valence-electron chi connectivity index (χ4n) is 2.92. The summed E-state index contributed by atoms with van der Waals surface area (Å²) in [7, 11) is 1.36. The van der Waals surface area contributed by atoms with Crippen LogP contribution < -0.4 is 19.7 Å². The zero-order valence-electron chi connectivity index (χ0n) is 16.8. The Morgan fingerprint density at radius 3 is 2.52 bits per heavy atom. The normalized spacial score (nSPS) is 15.3. The number of carbonyl (C=O) groups is 3. The molecule has 7 nitrogen and oxygen atoms in total. The van der Waals surface area contributed by atoms with Crippen LogP contribution in [0.5, 0.6) is 11.5 Å². The Kier molecular flexibility index (Phi) is 6.65. The van der Waals surface area contributed by atoms with Gasteiger partial charge in [0.15, 0.2) is 11.5 Å². The van der Waals surface area contributed by atoms with Crippen LogP contribution in [0.15, 0.2) is 42.0 Å². The van der Waals surface area contributed by atoms with Gasteiger partial charge in [-0.1, -0.05) is 23.6 Å². The highest BCUT2D eigenvalue weighted by Gasteiger charge is 2.39. The van der Waals surface area contributed by atoms with E-state index in [0.29, 0.717) is 28.3 Å². The molecule has 1 aliphatic heterocycles. The van der Waals surface area contributed by atoms with Gasteiger partial charge in [0.05, 0.1) is 23.4 Å². The van der Waals surface area contributed by atoms with E-state index in [-0.39, 0.29) is 17.4 Å². The first-order valence-corrected chi connectivity index (χ1v) is 9.47. The van der Waals surface area contributed by atoms with Crippen molar-refractivity contribution in [1.82, 2.24) is 5.32 Å². The van der Waals surface area contributed by atoms with Crippen LogP contribution in [0.2, 0.25) is 5.02 Å². The fraction of sp³-hybridized carbons (Fsp3) is 0.136. The van der Waals surface area contributed by atoms with Gasteiger partial charge in [-0.3, -0.25) is 14.9 Å². The molecule has 0 radical (unpaired) electrons. The van der Waals surface area contributed by atoms with Gasteiger partial charge < -0.3 is 9.47 Å². The number of ether oxygens (including phenoxy) is 2. The van der Waals surface area contributed by atoms with Gasteiger partial charge in [0.1, 0.15) is 12.2 Å². The second kappa shape index (κ2) is 9.26. The first-order valence-electron chi connectivity index (χ1n) is 9.09. The van der Waals surface area contributed by atoms with Gasteiger partial charge in [-0.05, 0) is 42.0 Å². The summed E-state index contributed by atoms with van der Waals surface area (Å²) in [4.78, 5) is 38.0. The lowest BCUT2D eigenvalue weighted by Gasteiger charge is -2.27. The molecule has 1 heterocycles. The highest BCUT2D eigenvalue weighted by atomic mass is 35.5. The Morgan fingerprint density at radius 1 is 1.15 bits per heavy atom. The Bertz CT molecular complexity index is 1220. The van der Waals surface area contributed by atoms with Crippen molar-refractivity contribution in [2.24, 2.45) is 0 Å². The summed E-state index contributed by atoms with van der Waals surface area (Å²) < 4.78 is 49.9. The standard InChI is InChI=1S/C22H14ClF3N2O5/c1-3-8-33-17-7-4-12(10-18(17)32-2)9-14-19(29)27-21(31)28(20(14)30)16-11-13(22(24,25)26)5-6-15(16)23/h1,4-7,9-11H,8H2,2H3,(H,27,29,31)/b14-9-. The monoisotopic (exact) mass is 478 g/mol. The van der Waals surface area contributed by atoms with Crippen LogP contribution in [0.4, 0.5) is 23.7 Å². The number of carbonyl (C=O) groups excluding carboxylic acids is 3. The highest BCUT2D eigenvalue weighted by Crippen LogP contribution is 2.37. The summed E-state index contributed by atoms with van der Waals surface area (Å²) in [5.74, 6) is 0.665. The summed E-state index contributed by atoms with van der Waals surface area (Å²) in [6.07, 6.45) is 1.55. The van der Waals surface area contributed by atoms with E-state index in [4.69, 9.17) is 27.5 Å². The number of amides is 4. The molecule has 0 saturated carbocycles. The first kappa shape index (κ1) is 23.7. The molecule has 4 amide bonds. The number of methoxy groups -OCH3 is 1. The third-order valence-corrected chi connectivity index (χ3v) is 4.75. The van der Waals surface area contributed by atoms with Crippen molar-refractivity contribution in [3.63, 3.8) is 0 Å². The minimum absolute atomic E-state index is 0.0213. The van der Waals surface area contributed by atoms with Crippen molar-refractivity contribution in [3.8, 4) is 23.8 Å². The molecule has 0 atom stereocenters. The third-order valence-electron chi connectivity index (χ3n) is 4.43. The first-order chi connectivity index (χ1) is 15.6. The van der Waals surface area contributed by atoms with E-state index in [1.807, 2.05) is 5.32 Å². The smallest absolute Gasteiger partial charge is 0.416 e. The number of nitrogens with one attached hydrogen (secondary N) is 1. The van der Waals surface area contributed by atoms with Crippen LogP contribution in [-0.4, -0.2) is 31.6 Å². The van der Waals surface area contributed by atoms with Crippen molar-refractivity contribution in [2.45, 2.75) is 6.18 Å². The molecule has 0 aromatic heterocycles. The number of halogens is 4. The number of rotatable bonds is 5. The number of hydrogen-bond donors (Lipinski definition) is 1. The SMILES string of the molecule is C#CCOc1ccc(/C=C2/C(=O)NC(=O)N(c3cc(C(F)(F)F)ccc3Cl)C2=O)cc1OC. The summed E-state index contributed by atoms with van der Waals surface area (Å²) >= 11 is 5.96. The number of anilines is 1. The predicted octanol–water partition coefficient (Wildman–Crippen LogP) is 4.05. The van der Waals surface area contributed by atoms with Crippen LogP contribution in [0, 0.1) is 12.3 Å². The Hall–Kier alpha value is -3.97. The maximum atomic E-state index is 13.1. The molecule has 3 rings (SSSR count). The lowest BCUT2D eigenvalue weighted by atomic mass is 10.1. The number of urea groups is 1. The summed E-state index contributed by atoms with van der Waals surface area (Å²) in [5, 5.41) is 1.63. The molecule has 33 heavy (non-hydrogen) atoms. The zero-order valence-corrected chi connectivity index (χ0v) is 17.6. The minimum atomic E-state index is -4.75. The largest absolute Gasteiger partial charge is 0.493 e. The average Bonchev–Trinajstić information content (AvgIpc) is 2.75. The van der Waals surface area contributed by atoms with Crippen molar-refractivity contribution in [3.05, 3.63) is 58.1 Å². The van der Waals surface area contributed by atoms with Crippen LogP contribution in [0.1, 0.15) is 11.1 Å². The molecule has 1 fully saturated rings. The molecular formula is C22H14ClF3N2O5. The Balaban J connectivity index is 2.03. The summed E-state index contributed by atoms with van der Waals surface area (Å²) in [6, 6.07) is 5.33. The maximum absolute atomic E-state index is 13.1. The topological polar surface area (TPSA) is 84.9 Å². The van der Waals surface area contributed by atoms with Crippen molar-refractivity contribution in [2.75, 3.05) is 18.6 Å². The minimum Gasteiger partial charge on any atom is -0.493 e. The van der Waals surface area contributed by atoms with Gasteiger partial charge in [-0.15, -0.1) is 6.42 Å². The molecule has 0 spiro atoms. The van der Waals surface area contributed by atoms with Gasteiger partial charge in [-0.2, -0.15) is 13.2 Å². The molecule has 1 saturated heterocycles. The van der Waals surface area contributed by atoms with Gasteiger partial charge in [0, 0.05) is 0 Å². The number of nitrogens with zero attached hydrogens (tertiary/aromatic N) is 1. The molecule has 0 bridgehead atoms. The van der Waals surface area contributed by atoms with Gasteiger partial charge in [0.2, 0.25) is 0 Å². The number of terminal acetylenes is 1. The van der Waals surface area contributed by atoms with Crippen LogP contribution >= 0.6 is 11.6 Å². The maximum Gasteiger partial charge on any atom is 0.416 e. The number of hydrogen-bond acceptors (Lipinski definition) is 5. The van der Waals surface area contributed by atoms with Gasteiger partial charge in [0.25, 0.3) is 11.8 Å². The molecular weight excluding hydrogens is 465 g/mol. The van der Waals surface area contributed by atoms with E-state index in [1.54, 1.807) is 0 Å². The van der Waals surface area contributed by atoms with Crippen molar-refractivity contribution < 1.29 is 37.0 Å². The zero-order chi connectivity index (χ0) is 24.3. The van der Waals surface area contributed by atoms with E-state index in [9.17, 15) is 27.6 Å². The van der Waals surface area contributed by atoms with Gasteiger partial charge >= 0.3 is 12.2 Å². The number of alkyl halides is 3. The van der Waals surface area contributed by atoms with Crippen molar-refractivity contribution in [1.29, 1.82) is 0 Å². The van der Waals surface area contributed by atoms with Gasteiger partial charge in [-0.25, -0.2) is 9.69 Å². The fourth-order valence-corrected chi connectivity index (χ4v) is 3.12. The Labute approximate surface area is 190 Å². The molecule has 170 valence electrons. The molecule has 1 N–H and O–H groups in total. The number of barbiturate groups is 1. The lowest BCUT2D eigenvalue weighted by molar-refractivity contribution is -0.137. The van der Waals surface area contributed by atoms with Crippen LogP contribution in [0.25, 0.3) is 6.08 Å². The molecule has 1 aliphatic rings. The highest BCUT2D eigenvalue weighted by molar-refractivity contribution is 6.42. The molecule has 0 unspecified atom stereocenters. The van der Waals surface area contributed by atoms with E-state index in [2.05, 4.69) is 5.92 Å². The predicted molar refractivity (Wildman–Crippen MR) is 113 cm³/mol. The third kappa shape index (κ3) is 4.94. The Morgan fingerprint density at radius 2 is 1.88 bits per heavy atom. The van der Waals surface area contributed by atoms with E-state index in [0.717, 1.165) is 12.1 Å².